The molecule has 21 heavy (non-hydrogen) atoms. The second kappa shape index (κ2) is 5.08. The topological polar surface area (TPSA) is 53.7 Å². The molecule has 0 saturated carbocycles. The molecule has 4 rings (SSSR count). The van der Waals surface area contributed by atoms with Crippen LogP contribution in [0.25, 0.3) is 4.96 Å². The molecule has 0 aromatic carbocycles. The maximum Gasteiger partial charge on any atom is 0.230 e. The summed E-state index contributed by atoms with van der Waals surface area (Å²) in [7, 11) is 0. The minimum atomic E-state index is 0.118. The summed E-state index contributed by atoms with van der Waals surface area (Å²) in [5.41, 5.74) is 1.25. The van der Waals surface area contributed by atoms with E-state index in [1.807, 2.05) is 6.92 Å². The van der Waals surface area contributed by atoms with Crippen molar-refractivity contribution < 1.29 is 5.11 Å². The van der Waals surface area contributed by atoms with Crippen LogP contribution in [0.1, 0.15) is 35.1 Å². The van der Waals surface area contributed by atoms with Gasteiger partial charge >= 0.3 is 0 Å². The van der Waals surface area contributed by atoms with Crippen molar-refractivity contribution in [1.29, 1.82) is 0 Å². The van der Waals surface area contributed by atoms with Crippen molar-refractivity contribution in [2.24, 2.45) is 0 Å². The summed E-state index contributed by atoms with van der Waals surface area (Å²) in [5.74, 6) is 0.926. The van der Waals surface area contributed by atoms with Gasteiger partial charge in [-0.25, -0.2) is 4.98 Å². The molecule has 110 valence electrons. The smallest absolute Gasteiger partial charge is 0.230 e. The molecule has 0 spiro atoms. The van der Waals surface area contributed by atoms with Crippen LogP contribution in [0.15, 0.2) is 16.8 Å². The van der Waals surface area contributed by atoms with Gasteiger partial charge in [0.25, 0.3) is 0 Å². The van der Waals surface area contributed by atoms with E-state index in [1.54, 1.807) is 27.2 Å². The molecule has 7 heteroatoms. The Bertz CT molecular complexity index is 755. The second-order valence-corrected chi connectivity index (χ2v) is 7.13. The summed E-state index contributed by atoms with van der Waals surface area (Å²) < 4.78 is 1.56. The number of fused-ring (bicyclic) bond motifs is 1. The van der Waals surface area contributed by atoms with Crippen LogP contribution < -0.4 is 0 Å². The number of nitrogens with zero attached hydrogens (tertiary/aromatic N) is 4. The first-order chi connectivity index (χ1) is 10.2. The Hall–Kier alpha value is -1.44. The van der Waals surface area contributed by atoms with E-state index in [0.29, 0.717) is 5.82 Å². The first kappa shape index (κ1) is 13.2. The molecule has 4 heterocycles. The molecule has 0 unspecified atom stereocenters. The fraction of sp³-hybridized carbons (Fsp3) is 0.429. The third-order valence-corrected chi connectivity index (χ3v) is 5.69. The van der Waals surface area contributed by atoms with E-state index < -0.39 is 0 Å². The lowest BCUT2D eigenvalue weighted by atomic mass is 10.1. The molecule has 3 aromatic heterocycles. The molecule has 0 aliphatic carbocycles. The molecular formula is C14H16N4OS2. The molecule has 0 bridgehead atoms. The number of thiazole rings is 1. The van der Waals surface area contributed by atoms with Gasteiger partial charge in [0.15, 0.2) is 0 Å². The third-order valence-electron chi connectivity index (χ3n) is 3.92. The highest BCUT2D eigenvalue weighted by Crippen LogP contribution is 2.41. The highest BCUT2D eigenvalue weighted by Gasteiger charge is 2.31. The van der Waals surface area contributed by atoms with Gasteiger partial charge in [-0.05, 0) is 55.2 Å². The lowest BCUT2D eigenvalue weighted by Gasteiger charge is -2.25. The van der Waals surface area contributed by atoms with Crippen molar-refractivity contribution in [2.75, 3.05) is 13.1 Å². The van der Waals surface area contributed by atoms with E-state index in [2.05, 4.69) is 31.8 Å². The Morgan fingerprint density at radius 2 is 2.14 bits per heavy atom. The highest BCUT2D eigenvalue weighted by atomic mass is 32.1. The van der Waals surface area contributed by atoms with Crippen molar-refractivity contribution in [3.05, 3.63) is 33.1 Å². The molecule has 1 N–H and O–H groups in total. The Kier molecular flexibility index (Phi) is 3.20. The Morgan fingerprint density at radius 1 is 1.33 bits per heavy atom. The first-order valence-corrected chi connectivity index (χ1v) is 8.81. The van der Waals surface area contributed by atoms with Crippen LogP contribution in [-0.4, -0.2) is 37.7 Å². The number of aromatic nitrogens is 3. The van der Waals surface area contributed by atoms with Gasteiger partial charge in [-0.15, -0.1) is 5.10 Å². The number of likely N-dealkylation sites (tertiary alicyclic amines) is 1. The number of aryl methyl sites for hydroxylation is 1. The van der Waals surface area contributed by atoms with Crippen LogP contribution in [0.4, 0.5) is 0 Å². The minimum absolute atomic E-state index is 0.118. The minimum Gasteiger partial charge on any atom is -0.492 e. The quantitative estimate of drug-likeness (QED) is 0.806. The summed E-state index contributed by atoms with van der Waals surface area (Å²) in [6, 6.07) is 2.27. The monoisotopic (exact) mass is 320 g/mol. The zero-order valence-electron chi connectivity index (χ0n) is 11.7. The van der Waals surface area contributed by atoms with Gasteiger partial charge < -0.3 is 5.11 Å². The number of hydrogen-bond donors (Lipinski definition) is 1. The molecular weight excluding hydrogens is 304 g/mol. The predicted molar refractivity (Wildman–Crippen MR) is 84.2 cm³/mol. The van der Waals surface area contributed by atoms with E-state index in [0.717, 1.165) is 22.9 Å². The molecule has 1 fully saturated rings. The van der Waals surface area contributed by atoms with Crippen LogP contribution in [0, 0.1) is 6.92 Å². The summed E-state index contributed by atoms with van der Waals surface area (Å²) in [5, 5.41) is 19.1. The summed E-state index contributed by atoms with van der Waals surface area (Å²) in [6.45, 7) is 3.99. The summed E-state index contributed by atoms with van der Waals surface area (Å²) in [6.07, 6.45) is 2.45. The zero-order valence-corrected chi connectivity index (χ0v) is 13.3. The van der Waals surface area contributed by atoms with Crippen LogP contribution in [-0.2, 0) is 0 Å². The van der Waals surface area contributed by atoms with Crippen molar-refractivity contribution >= 4 is 27.6 Å². The number of hydrogen-bond acceptors (Lipinski definition) is 6. The molecule has 1 aliphatic heterocycles. The van der Waals surface area contributed by atoms with Gasteiger partial charge in [-0.3, -0.25) is 4.90 Å². The Labute approximate surface area is 130 Å². The number of thiophene rings is 1. The van der Waals surface area contributed by atoms with Gasteiger partial charge in [0, 0.05) is 0 Å². The van der Waals surface area contributed by atoms with E-state index >= 15 is 0 Å². The summed E-state index contributed by atoms with van der Waals surface area (Å²) >= 11 is 3.24. The average Bonchev–Trinajstić information content (AvgIpc) is 3.20. The number of aromatic hydroxyl groups is 1. The zero-order chi connectivity index (χ0) is 14.4. The maximum atomic E-state index is 10.6. The largest absolute Gasteiger partial charge is 0.492 e. The van der Waals surface area contributed by atoms with E-state index in [4.69, 9.17) is 0 Å². The van der Waals surface area contributed by atoms with Crippen molar-refractivity contribution in [3.8, 4) is 5.88 Å². The van der Waals surface area contributed by atoms with E-state index in [-0.39, 0.29) is 11.9 Å². The van der Waals surface area contributed by atoms with Gasteiger partial charge in [0.05, 0.1) is 10.9 Å². The lowest BCUT2D eigenvalue weighted by molar-refractivity contribution is 0.277. The van der Waals surface area contributed by atoms with Crippen LogP contribution in [0.2, 0.25) is 0 Å². The molecule has 1 aliphatic rings. The van der Waals surface area contributed by atoms with Gasteiger partial charge in [-0.2, -0.15) is 15.9 Å². The molecule has 0 radical (unpaired) electrons. The molecule has 1 saturated heterocycles. The van der Waals surface area contributed by atoms with E-state index in [1.165, 1.54) is 18.4 Å². The van der Waals surface area contributed by atoms with Crippen molar-refractivity contribution in [1.82, 2.24) is 19.5 Å². The molecule has 0 amide bonds. The first-order valence-electron chi connectivity index (χ1n) is 7.05. The standard InChI is InChI=1S/C14H16N4OS2/c1-9-15-14-18(16-9)13(19)12(21-14)11(10-4-7-20-8-10)17-5-2-3-6-17/h4,7-8,11,19H,2-3,5-6H2,1H3/t11-/m1/s1. The number of rotatable bonds is 3. The molecule has 5 nitrogen and oxygen atoms in total. The van der Waals surface area contributed by atoms with Gasteiger partial charge in [-0.1, -0.05) is 11.3 Å². The van der Waals surface area contributed by atoms with Crippen LogP contribution in [0.5, 0.6) is 5.88 Å². The van der Waals surface area contributed by atoms with Gasteiger partial charge in [0.1, 0.15) is 5.82 Å². The fourth-order valence-corrected chi connectivity index (χ4v) is 4.83. The molecule has 1 atom stereocenters. The van der Waals surface area contributed by atoms with Gasteiger partial charge in [0.2, 0.25) is 10.8 Å². The lowest BCUT2D eigenvalue weighted by Crippen LogP contribution is -2.25. The fourth-order valence-electron chi connectivity index (χ4n) is 2.98. The maximum absolute atomic E-state index is 10.6. The molecule has 3 aromatic rings. The van der Waals surface area contributed by atoms with Crippen LogP contribution >= 0.6 is 22.7 Å². The van der Waals surface area contributed by atoms with Crippen LogP contribution in [0.3, 0.4) is 0 Å². The third kappa shape index (κ3) is 2.16. The van der Waals surface area contributed by atoms with Crippen molar-refractivity contribution in [3.63, 3.8) is 0 Å². The highest BCUT2D eigenvalue weighted by molar-refractivity contribution is 7.17. The average molecular weight is 320 g/mol. The predicted octanol–water partition coefficient (Wildman–Crippen LogP) is 3.05. The Morgan fingerprint density at radius 3 is 2.81 bits per heavy atom. The Balaban J connectivity index is 1.84. The van der Waals surface area contributed by atoms with Crippen molar-refractivity contribution in [2.45, 2.75) is 25.8 Å². The second-order valence-electron chi connectivity index (χ2n) is 5.35. The normalized spacial score (nSPS) is 17.8. The SMILES string of the molecule is Cc1nc2sc([C@@H](c3ccsc3)N3CCCC3)c(O)n2n1. The van der Waals surface area contributed by atoms with E-state index in [9.17, 15) is 5.11 Å². The summed E-state index contributed by atoms with van der Waals surface area (Å²) in [4.78, 5) is 8.54.